The second kappa shape index (κ2) is 60.0. The molecule has 92 heavy (non-hydrogen) atoms. The number of nitrogens with zero attached hydrogens (tertiary/aromatic N) is 4. The fourth-order valence-electron chi connectivity index (χ4n) is 11.4. The molecule has 0 bridgehead atoms. The Hall–Kier alpha value is -2.27. The molecule has 1 aliphatic heterocycles. The van der Waals surface area contributed by atoms with Gasteiger partial charge >= 0.3 is 29.8 Å². The van der Waals surface area contributed by atoms with Crippen molar-refractivity contribution in [3.63, 3.8) is 0 Å². The van der Waals surface area contributed by atoms with Crippen LogP contribution in [0.1, 0.15) is 261 Å². The fraction of sp³-hybridized carbons (Fsp3) is 0.931. The number of carbonyl (C=O) groups is 5. The van der Waals surface area contributed by atoms with Crippen LogP contribution in [0.5, 0.6) is 0 Å². The first-order valence-electron chi connectivity index (χ1n) is 37.1. The molecule has 0 aliphatic carbocycles. The first kappa shape index (κ1) is 87.7. The van der Waals surface area contributed by atoms with Gasteiger partial charge in [0, 0.05) is 109 Å². The first-order valence-corrected chi connectivity index (χ1v) is 39.6. The number of carbonyl (C=O) groups excluding carboxylic acids is 5. The molecular weight excluding hydrogens is 1210 g/mol. The van der Waals surface area contributed by atoms with Crippen molar-refractivity contribution >= 4 is 51.4 Å². The zero-order chi connectivity index (χ0) is 67.8. The van der Waals surface area contributed by atoms with Crippen LogP contribution >= 0.6 is 21.6 Å². The Morgan fingerprint density at radius 3 is 0.989 bits per heavy atom. The van der Waals surface area contributed by atoms with Gasteiger partial charge in [-0.05, 0) is 107 Å². The van der Waals surface area contributed by atoms with Crippen molar-refractivity contribution in [2.45, 2.75) is 285 Å². The largest absolute Gasteiger partial charge is 0.465 e. The molecule has 542 valence electrons. The smallest absolute Gasteiger partial charge is 0.305 e. The molecule has 1 heterocycles. The highest BCUT2D eigenvalue weighted by Gasteiger charge is 2.22. The van der Waals surface area contributed by atoms with E-state index < -0.39 is 24.4 Å². The fourth-order valence-corrected chi connectivity index (χ4v) is 13.6. The van der Waals surface area contributed by atoms with Gasteiger partial charge in [-0.25, -0.2) is 0 Å². The average Bonchev–Trinajstić information content (AvgIpc) is 3.72. The summed E-state index contributed by atoms with van der Waals surface area (Å²) in [6.45, 7) is 27.8. The maximum Gasteiger partial charge on any atom is 0.305 e. The molecule has 0 aromatic heterocycles. The van der Waals surface area contributed by atoms with Gasteiger partial charge in [0.15, 0.2) is 0 Å². The summed E-state index contributed by atoms with van der Waals surface area (Å²) in [6.07, 6.45) is 22.2. The predicted octanol–water partition coefficient (Wildman–Crippen LogP) is 12.9. The second-order valence-electron chi connectivity index (χ2n) is 26.4. The highest BCUT2D eigenvalue weighted by Crippen LogP contribution is 2.24. The predicted molar refractivity (Wildman–Crippen MR) is 377 cm³/mol. The lowest BCUT2D eigenvalue weighted by molar-refractivity contribution is -0.146. The quantitative estimate of drug-likeness (QED) is 0.0192. The van der Waals surface area contributed by atoms with E-state index in [-0.39, 0.29) is 36.3 Å². The van der Waals surface area contributed by atoms with Crippen LogP contribution in [-0.4, -0.2) is 217 Å². The van der Waals surface area contributed by atoms with Crippen molar-refractivity contribution in [3.8, 4) is 0 Å². The first-order chi connectivity index (χ1) is 44.5. The molecule has 4 atom stereocenters. The van der Waals surface area contributed by atoms with Gasteiger partial charge in [-0.15, -0.1) is 0 Å². The lowest BCUT2D eigenvalue weighted by Gasteiger charge is -2.34. The normalized spacial score (nSPS) is 14.6. The number of rotatable bonds is 64. The summed E-state index contributed by atoms with van der Waals surface area (Å²) in [5.41, 5.74) is 0. The Balaban J connectivity index is 2.50. The standard InChI is InChI=1S/C72H138N4O14S2/c1-9-60(10-2)56-87-69(82)36-23-19-17-21-32-64(77)54-76(55-65(78)33-22-18-20-24-37-70(83)88-57-61(11-3)12-4)42-31-40-68(81)86-49-47-73-43-45-74(46-44-73)48-51-92-91-50-30-29-41-75(52-66(79)34-25-27-38-71(84)89-58-62(13-5)14-6)53-67(80)35-26-28-39-72(85)90-59-63(15-7)16-8/h60-67,77-80H,9-59H2,1-8H3. The van der Waals surface area contributed by atoms with E-state index in [4.69, 9.17) is 23.7 Å². The SMILES string of the molecule is CCC(CC)COC(=O)CCCCCCC(O)CN(CCCC(=O)OCCN1CCN(CCSSCCCCN(CC(O)CCCCC(=O)OCC(CC)CC)CC(O)CCCCC(=O)OCC(CC)CC)CC1)CC(O)CCCCCCC(=O)OCC(CC)CC. The van der Waals surface area contributed by atoms with Crippen LogP contribution in [-0.2, 0) is 47.7 Å². The molecule has 0 amide bonds. The molecule has 0 aromatic rings. The lowest BCUT2D eigenvalue weighted by Crippen LogP contribution is -2.47. The molecule has 0 saturated carbocycles. The average molecular weight is 1350 g/mol. The van der Waals surface area contributed by atoms with E-state index in [0.29, 0.717) is 167 Å². The number of aliphatic hydroxyl groups is 4. The van der Waals surface area contributed by atoms with Gasteiger partial charge in [0.1, 0.15) is 6.61 Å². The van der Waals surface area contributed by atoms with Gasteiger partial charge in [0.2, 0.25) is 0 Å². The van der Waals surface area contributed by atoms with Crippen molar-refractivity contribution in [3.05, 3.63) is 0 Å². The lowest BCUT2D eigenvalue weighted by atomic mass is 10.1. The van der Waals surface area contributed by atoms with Crippen LogP contribution < -0.4 is 0 Å². The zero-order valence-electron chi connectivity index (χ0n) is 59.7. The van der Waals surface area contributed by atoms with Gasteiger partial charge in [-0.1, -0.05) is 180 Å². The van der Waals surface area contributed by atoms with Crippen molar-refractivity contribution in [1.82, 2.24) is 19.6 Å². The van der Waals surface area contributed by atoms with Crippen LogP contribution in [0.15, 0.2) is 0 Å². The molecular formula is C72H138N4O14S2. The van der Waals surface area contributed by atoms with E-state index in [0.717, 1.165) is 179 Å². The monoisotopic (exact) mass is 1350 g/mol. The number of hydrogen-bond donors (Lipinski definition) is 4. The Kier molecular flexibility index (Phi) is 57.2. The Morgan fingerprint density at radius 1 is 0.348 bits per heavy atom. The summed E-state index contributed by atoms with van der Waals surface area (Å²) in [6, 6.07) is 0. The number of esters is 5. The molecule has 18 nitrogen and oxygen atoms in total. The maximum absolute atomic E-state index is 12.9. The topological polar surface area (TPSA) is 225 Å². The van der Waals surface area contributed by atoms with E-state index in [1.165, 1.54) is 0 Å². The van der Waals surface area contributed by atoms with Gasteiger partial charge in [0.05, 0.1) is 50.8 Å². The summed E-state index contributed by atoms with van der Waals surface area (Å²) < 4.78 is 27.6. The molecule has 1 saturated heterocycles. The number of hydrogen-bond acceptors (Lipinski definition) is 20. The number of unbranched alkanes of at least 4 members (excludes halogenated alkanes) is 9. The minimum absolute atomic E-state index is 0.132. The van der Waals surface area contributed by atoms with Crippen molar-refractivity contribution in [2.24, 2.45) is 23.7 Å². The highest BCUT2D eigenvalue weighted by molar-refractivity contribution is 8.76. The molecule has 1 rings (SSSR count). The van der Waals surface area contributed by atoms with Gasteiger partial charge in [0.25, 0.3) is 0 Å². The van der Waals surface area contributed by atoms with E-state index in [1.807, 2.05) is 21.6 Å². The maximum atomic E-state index is 12.9. The van der Waals surface area contributed by atoms with Crippen molar-refractivity contribution in [2.75, 3.05) is 123 Å². The number of aliphatic hydroxyl groups excluding tert-OH is 4. The summed E-state index contributed by atoms with van der Waals surface area (Å²) in [5, 5.41) is 44.3. The molecule has 0 spiro atoms. The summed E-state index contributed by atoms with van der Waals surface area (Å²) in [5.74, 6) is 2.86. The zero-order valence-corrected chi connectivity index (χ0v) is 61.3. The second-order valence-corrected chi connectivity index (χ2v) is 29.1. The number of piperazine rings is 1. The van der Waals surface area contributed by atoms with Crippen molar-refractivity contribution in [1.29, 1.82) is 0 Å². The molecule has 0 aromatic carbocycles. The molecule has 4 N–H and O–H groups in total. The van der Waals surface area contributed by atoms with E-state index in [2.05, 4.69) is 75.0 Å². The highest BCUT2D eigenvalue weighted by atomic mass is 33.1. The van der Waals surface area contributed by atoms with Crippen LogP contribution in [0.4, 0.5) is 0 Å². The third kappa shape index (κ3) is 50.1. The Labute approximate surface area is 568 Å². The van der Waals surface area contributed by atoms with Gasteiger partial charge in [-0.2, -0.15) is 0 Å². The van der Waals surface area contributed by atoms with E-state index in [9.17, 15) is 44.4 Å². The molecule has 0 radical (unpaired) electrons. The molecule has 1 fully saturated rings. The minimum atomic E-state index is -0.571. The number of ether oxygens (including phenoxy) is 5. The summed E-state index contributed by atoms with van der Waals surface area (Å²) in [4.78, 5) is 71.1. The van der Waals surface area contributed by atoms with Crippen LogP contribution in [0.25, 0.3) is 0 Å². The van der Waals surface area contributed by atoms with Crippen LogP contribution in [0, 0.1) is 23.7 Å². The van der Waals surface area contributed by atoms with Crippen LogP contribution in [0.3, 0.4) is 0 Å². The van der Waals surface area contributed by atoms with Gasteiger partial charge < -0.3 is 44.1 Å². The van der Waals surface area contributed by atoms with Crippen molar-refractivity contribution < 1.29 is 68.1 Å². The Morgan fingerprint density at radius 2 is 0.630 bits per heavy atom. The van der Waals surface area contributed by atoms with Gasteiger partial charge in [-0.3, -0.25) is 43.6 Å². The van der Waals surface area contributed by atoms with Crippen LogP contribution in [0.2, 0.25) is 0 Å². The molecule has 20 heteroatoms. The molecule has 1 aliphatic rings. The Bertz CT molecular complexity index is 1680. The summed E-state index contributed by atoms with van der Waals surface area (Å²) in [7, 11) is 3.81. The third-order valence-corrected chi connectivity index (χ3v) is 21.1. The minimum Gasteiger partial charge on any atom is -0.465 e. The molecule has 4 unspecified atom stereocenters. The van der Waals surface area contributed by atoms with E-state index >= 15 is 0 Å². The third-order valence-electron chi connectivity index (χ3n) is 18.6. The van der Waals surface area contributed by atoms with E-state index in [1.54, 1.807) is 0 Å². The summed E-state index contributed by atoms with van der Waals surface area (Å²) >= 11 is 0.